The molecule has 3 aromatic rings. The maximum Gasteiger partial charge on any atom is 0.251 e. The lowest BCUT2D eigenvalue weighted by molar-refractivity contribution is 0.0923. The molecule has 2 heterocycles. The topological polar surface area (TPSA) is 72.7 Å². The smallest absolute Gasteiger partial charge is 0.251 e. The third-order valence-corrected chi connectivity index (χ3v) is 5.71. The lowest BCUT2D eigenvalue weighted by Gasteiger charge is -2.24. The molecule has 1 fully saturated rings. The molecule has 1 amide bonds. The molecule has 7 heteroatoms. The lowest BCUT2D eigenvalue weighted by Crippen LogP contribution is -2.32. The summed E-state index contributed by atoms with van der Waals surface area (Å²) in [7, 11) is 0. The van der Waals surface area contributed by atoms with Crippen molar-refractivity contribution >= 4 is 17.2 Å². The summed E-state index contributed by atoms with van der Waals surface area (Å²) < 4.78 is 1.56. The molecule has 0 saturated heterocycles. The Bertz CT molecular complexity index is 808. The number of amides is 1. The molecule has 0 aliphatic heterocycles. The fourth-order valence-electron chi connectivity index (χ4n) is 3.45. The van der Waals surface area contributed by atoms with Crippen molar-refractivity contribution in [2.75, 3.05) is 0 Å². The molecule has 0 unspecified atom stereocenters. The Morgan fingerprint density at radius 3 is 2.64 bits per heavy atom. The number of rotatable bonds is 5. The van der Waals surface area contributed by atoms with Crippen molar-refractivity contribution in [3.05, 3.63) is 58.5 Å². The molecule has 6 nitrogen and oxygen atoms in total. The number of benzene rings is 1. The molecule has 1 aromatic carbocycles. The molecule has 128 valence electrons. The standard InChI is InChI=1S/C18H19N5OS/c24-18(14-7-9-15(10-8-14)23-12-19-21-22-23)20-17(13-4-1-2-5-13)16-6-3-11-25-16/h3,6-13,17H,1-2,4-5H2,(H,20,24)/t17-/m1/s1. The minimum atomic E-state index is -0.0337. The van der Waals surface area contributed by atoms with Crippen molar-refractivity contribution in [2.24, 2.45) is 5.92 Å². The number of hydrogen-bond acceptors (Lipinski definition) is 5. The summed E-state index contributed by atoms with van der Waals surface area (Å²) in [6, 6.07) is 11.6. The molecule has 1 atom stereocenters. The van der Waals surface area contributed by atoms with Crippen LogP contribution in [-0.2, 0) is 0 Å². The third kappa shape index (κ3) is 3.46. The summed E-state index contributed by atoms with van der Waals surface area (Å²) >= 11 is 1.72. The Labute approximate surface area is 149 Å². The number of thiophene rings is 1. The van der Waals surface area contributed by atoms with Gasteiger partial charge in [-0.25, -0.2) is 4.68 Å². The van der Waals surface area contributed by atoms with Crippen molar-refractivity contribution in [1.82, 2.24) is 25.5 Å². The maximum atomic E-state index is 12.8. The van der Waals surface area contributed by atoms with Crippen LogP contribution in [0.4, 0.5) is 0 Å². The largest absolute Gasteiger partial charge is 0.344 e. The van der Waals surface area contributed by atoms with Crippen LogP contribution in [0.15, 0.2) is 48.1 Å². The fraction of sp³-hybridized carbons (Fsp3) is 0.333. The number of aromatic nitrogens is 4. The number of nitrogens with zero attached hydrogens (tertiary/aromatic N) is 4. The molecule has 4 rings (SSSR count). The first-order valence-electron chi connectivity index (χ1n) is 8.49. The number of nitrogens with one attached hydrogen (secondary N) is 1. The SMILES string of the molecule is O=C(N[C@@H](c1cccs1)C1CCCC1)c1ccc(-n2cnnn2)cc1. The van der Waals surface area contributed by atoms with Crippen LogP contribution in [0.5, 0.6) is 0 Å². The molecule has 0 bridgehead atoms. The van der Waals surface area contributed by atoms with Gasteiger partial charge in [0.2, 0.25) is 0 Å². The second-order valence-electron chi connectivity index (χ2n) is 6.31. The van der Waals surface area contributed by atoms with Crippen molar-refractivity contribution < 1.29 is 4.79 Å². The minimum absolute atomic E-state index is 0.0337. The zero-order valence-electron chi connectivity index (χ0n) is 13.7. The van der Waals surface area contributed by atoms with E-state index in [9.17, 15) is 4.79 Å². The van der Waals surface area contributed by atoms with Gasteiger partial charge < -0.3 is 5.32 Å². The molecule has 0 spiro atoms. The van der Waals surface area contributed by atoms with Gasteiger partial charge in [0.15, 0.2) is 0 Å². The van der Waals surface area contributed by atoms with E-state index in [1.54, 1.807) is 16.0 Å². The van der Waals surface area contributed by atoms with E-state index in [0.29, 0.717) is 11.5 Å². The Balaban J connectivity index is 1.51. The zero-order valence-corrected chi connectivity index (χ0v) is 14.5. The highest BCUT2D eigenvalue weighted by atomic mass is 32.1. The van der Waals surface area contributed by atoms with Gasteiger partial charge in [-0.15, -0.1) is 16.4 Å². The summed E-state index contributed by atoms with van der Waals surface area (Å²) in [6.45, 7) is 0. The maximum absolute atomic E-state index is 12.8. The van der Waals surface area contributed by atoms with Gasteiger partial charge in [0.1, 0.15) is 6.33 Å². The molecule has 1 aliphatic rings. The van der Waals surface area contributed by atoms with E-state index < -0.39 is 0 Å². The van der Waals surface area contributed by atoms with E-state index in [2.05, 4.69) is 38.4 Å². The van der Waals surface area contributed by atoms with E-state index >= 15 is 0 Å². The molecule has 25 heavy (non-hydrogen) atoms. The Hall–Kier alpha value is -2.54. The lowest BCUT2D eigenvalue weighted by atomic mass is 9.96. The molecular formula is C18H19N5OS. The first kappa shape index (κ1) is 16.0. The summed E-state index contributed by atoms with van der Waals surface area (Å²) in [4.78, 5) is 14.0. The van der Waals surface area contributed by atoms with Gasteiger partial charge in [0.25, 0.3) is 5.91 Å². The van der Waals surface area contributed by atoms with E-state index in [0.717, 1.165) is 5.69 Å². The predicted octanol–water partition coefficient (Wildman–Crippen LogP) is 3.39. The summed E-state index contributed by atoms with van der Waals surface area (Å²) in [5.74, 6) is 0.497. The second-order valence-corrected chi connectivity index (χ2v) is 7.29. The van der Waals surface area contributed by atoms with Gasteiger partial charge >= 0.3 is 0 Å². The van der Waals surface area contributed by atoms with E-state index in [1.807, 2.05) is 24.3 Å². The monoisotopic (exact) mass is 353 g/mol. The Kier molecular flexibility index (Phi) is 4.56. The summed E-state index contributed by atoms with van der Waals surface area (Å²) in [6.07, 6.45) is 6.40. The van der Waals surface area contributed by atoms with Crippen LogP contribution in [0.2, 0.25) is 0 Å². The Morgan fingerprint density at radius 1 is 1.20 bits per heavy atom. The number of carbonyl (C=O) groups is 1. The third-order valence-electron chi connectivity index (χ3n) is 4.75. The average Bonchev–Trinajstić information content (AvgIpc) is 3.43. The first-order valence-corrected chi connectivity index (χ1v) is 9.37. The van der Waals surface area contributed by atoms with E-state index in [1.165, 1.54) is 36.9 Å². The van der Waals surface area contributed by atoms with E-state index in [4.69, 9.17) is 0 Å². The average molecular weight is 353 g/mol. The van der Waals surface area contributed by atoms with Crippen LogP contribution < -0.4 is 5.32 Å². The van der Waals surface area contributed by atoms with Crippen molar-refractivity contribution in [2.45, 2.75) is 31.7 Å². The minimum Gasteiger partial charge on any atom is -0.344 e. The van der Waals surface area contributed by atoms with Gasteiger partial charge in [-0.2, -0.15) is 0 Å². The van der Waals surface area contributed by atoms with Gasteiger partial charge in [-0.05, 0) is 64.9 Å². The van der Waals surface area contributed by atoms with Gasteiger partial charge in [0.05, 0.1) is 11.7 Å². The number of tetrazole rings is 1. The van der Waals surface area contributed by atoms with Crippen LogP contribution >= 0.6 is 11.3 Å². The van der Waals surface area contributed by atoms with E-state index in [-0.39, 0.29) is 11.9 Å². The molecular weight excluding hydrogens is 334 g/mol. The van der Waals surface area contributed by atoms with Crippen molar-refractivity contribution in [1.29, 1.82) is 0 Å². The fourth-order valence-corrected chi connectivity index (χ4v) is 4.32. The molecule has 2 aromatic heterocycles. The summed E-state index contributed by atoms with van der Waals surface area (Å²) in [5.41, 5.74) is 1.48. The zero-order chi connectivity index (χ0) is 17.1. The number of hydrogen-bond donors (Lipinski definition) is 1. The highest BCUT2D eigenvalue weighted by Gasteiger charge is 2.28. The molecule has 0 radical (unpaired) electrons. The van der Waals surface area contributed by atoms with Crippen LogP contribution in [0.25, 0.3) is 5.69 Å². The van der Waals surface area contributed by atoms with Crippen LogP contribution in [0, 0.1) is 5.92 Å². The highest BCUT2D eigenvalue weighted by Crippen LogP contribution is 2.37. The molecule has 1 aliphatic carbocycles. The summed E-state index contributed by atoms with van der Waals surface area (Å²) in [5, 5.41) is 16.4. The van der Waals surface area contributed by atoms with Crippen molar-refractivity contribution in [3.8, 4) is 5.69 Å². The Morgan fingerprint density at radius 2 is 2.00 bits per heavy atom. The van der Waals surface area contributed by atoms with Gasteiger partial charge in [-0.3, -0.25) is 4.79 Å². The number of carbonyl (C=O) groups excluding carboxylic acids is 1. The van der Waals surface area contributed by atoms with Gasteiger partial charge in [-0.1, -0.05) is 18.9 Å². The predicted molar refractivity (Wildman–Crippen MR) is 95.6 cm³/mol. The molecule has 1 N–H and O–H groups in total. The quantitative estimate of drug-likeness (QED) is 0.763. The molecule has 1 saturated carbocycles. The van der Waals surface area contributed by atoms with Crippen LogP contribution in [-0.4, -0.2) is 26.1 Å². The first-order chi connectivity index (χ1) is 12.3. The van der Waals surface area contributed by atoms with Gasteiger partial charge in [0, 0.05) is 10.4 Å². The highest BCUT2D eigenvalue weighted by molar-refractivity contribution is 7.10. The van der Waals surface area contributed by atoms with Crippen LogP contribution in [0.3, 0.4) is 0 Å². The normalized spacial score (nSPS) is 16.0. The van der Waals surface area contributed by atoms with Crippen molar-refractivity contribution in [3.63, 3.8) is 0 Å². The second kappa shape index (κ2) is 7.14. The van der Waals surface area contributed by atoms with Crippen LogP contribution in [0.1, 0.15) is 47.0 Å².